The van der Waals surface area contributed by atoms with Gasteiger partial charge in [0.25, 0.3) is 0 Å². The van der Waals surface area contributed by atoms with Crippen molar-refractivity contribution in [2.45, 2.75) is 32.4 Å². The fourth-order valence-electron chi connectivity index (χ4n) is 3.07. The number of sulfonamides is 1. The quantitative estimate of drug-likeness (QED) is 0.774. The van der Waals surface area contributed by atoms with E-state index in [1.165, 1.54) is 0 Å². The van der Waals surface area contributed by atoms with Gasteiger partial charge in [-0.3, -0.25) is 9.10 Å². The topological polar surface area (TPSA) is 57.7 Å². The number of halogens is 3. The minimum Gasteiger partial charge on any atom is -0.342 e. The van der Waals surface area contributed by atoms with Crippen molar-refractivity contribution in [1.29, 1.82) is 0 Å². The molecule has 1 aromatic rings. The number of nitrogens with zero attached hydrogens (tertiary/aromatic N) is 2. The molecule has 0 radical (unpaired) electrons. The van der Waals surface area contributed by atoms with Crippen LogP contribution in [-0.2, 0) is 21.0 Å². The summed E-state index contributed by atoms with van der Waals surface area (Å²) in [7, 11) is -3.72. The van der Waals surface area contributed by atoms with Gasteiger partial charge in [0.05, 0.1) is 17.5 Å². The Bertz CT molecular complexity index is 733. The van der Waals surface area contributed by atoms with Crippen LogP contribution in [0.3, 0.4) is 0 Å². The maximum absolute atomic E-state index is 12.7. The Balaban J connectivity index is 2.10. The van der Waals surface area contributed by atoms with Gasteiger partial charge < -0.3 is 4.90 Å². The molecule has 0 aromatic heterocycles. The molecule has 2 rings (SSSR count). The van der Waals surface area contributed by atoms with Crippen LogP contribution in [0.25, 0.3) is 0 Å². The molecule has 0 saturated carbocycles. The van der Waals surface area contributed by atoms with E-state index in [1.807, 2.05) is 0 Å². The molecule has 1 fully saturated rings. The molecule has 0 bridgehead atoms. The predicted octanol–water partition coefficient (Wildman–Crippen LogP) is 3.12. The normalized spacial score (nSPS) is 18.7. The summed E-state index contributed by atoms with van der Waals surface area (Å²) in [5, 5.41) is 0. The second kappa shape index (κ2) is 7.85. The van der Waals surface area contributed by atoms with Gasteiger partial charge in [0, 0.05) is 26.1 Å². The number of carbonyl (C=O) groups is 1. The van der Waals surface area contributed by atoms with Gasteiger partial charge in [0.2, 0.25) is 15.9 Å². The van der Waals surface area contributed by atoms with E-state index < -0.39 is 21.8 Å². The van der Waals surface area contributed by atoms with Crippen LogP contribution in [0.5, 0.6) is 0 Å². The standard InChI is InChI=1S/C17H23F3N2O3S/c1-13-4-3-10-21(12-13)16(23)9-11-22(26(2,24)25)15-7-5-14(6-8-15)17(18,19)20/h5-8,13H,3-4,9-12H2,1-2H3. The summed E-state index contributed by atoms with van der Waals surface area (Å²) in [6.45, 7) is 3.26. The zero-order chi connectivity index (χ0) is 19.5. The predicted molar refractivity (Wildman–Crippen MR) is 93.2 cm³/mol. The summed E-state index contributed by atoms with van der Waals surface area (Å²) in [5.41, 5.74) is -0.742. The van der Waals surface area contributed by atoms with Crippen molar-refractivity contribution in [1.82, 2.24) is 4.90 Å². The summed E-state index contributed by atoms with van der Waals surface area (Å²) in [5.74, 6) is 0.269. The summed E-state index contributed by atoms with van der Waals surface area (Å²) in [4.78, 5) is 14.1. The number of benzene rings is 1. The third-order valence-electron chi connectivity index (χ3n) is 4.42. The number of likely N-dealkylation sites (tertiary alicyclic amines) is 1. The minimum absolute atomic E-state index is 0.0131. The summed E-state index contributed by atoms with van der Waals surface area (Å²) < 4.78 is 63.0. The largest absolute Gasteiger partial charge is 0.416 e. The highest BCUT2D eigenvalue weighted by Crippen LogP contribution is 2.31. The van der Waals surface area contributed by atoms with Gasteiger partial charge in [-0.2, -0.15) is 13.2 Å². The number of anilines is 1. The van der Waals surface area contributed by atoms with E-state index in [9.17, 15) is 26.4 Å². The molecule has 1 atom stereocenters. The van der Waals surface area contributed by atoms with Gasteiger partial charge in [-0.15, -0.1) is 0 Å². The second-order valence-corrected chi connectivity index (χ2v) is 8.62. The Hall–Kier alpha value is -1.77. The van der Waals surface area contributed by atoms with Crippen LogP contribution in [-0.4, -0.2) is 45.1 Å². The fourth-order valence-corrected chi connectivity index (χ4v) is 4.00. The summed E-state index contributed by atoms with van der Waals surface area (Å²) >= 11 is 0. The van der Waals surface area contributed by atoms with E-state index in [4.69, 9.17) is 0 Å². The number of alkyl halides is 3. The van der Waals surface area contributed by atoms with Crippen molar-refractivity contribution in [3.63, 3.8) is 0 Å². The minimum atomic E-state index is -4.49. The first kappa shape index (κ1) is 20.5. The van der Waals surface area contributed by atoms with Gasteiger partial charge in [0.1, 0.15) is 0 Å². The molecule has 1 unspecified atom stereocenters. The number of piperidine rings is 1. The van der Waals surface area contributed by atoms with Gasteiger partial charge in [-0.25, -0.2) is 8.42 Å². The average molecular weight is 392 g/mol. The Morgan fingerprint density at radius 3 is 2.38 bits per heavy atom. The zero-order valence-electron chi connectivity index (χ0n) is 14.8. The van der Waals surface area contributed by atoms with Crippen LogP contribution in [0, 0.1) is 5.92 Å². The number of carbonyl (C=O) groups excluding carboxylic acids is 1. The lowest BCUT2D eigenvalue weighted by atomic mass is 10.00. The Morgan fingerprint density at radius 1 is 1.27 bits per heavy atom. The van der Waals surface area contributed by atoms with E-state index in [0.717, 1.165) is 47.7 Å². The molecule has 0 N–H and O–H groups in total. The number of amides is 1. The van der Waals surface area contributed by atoms with Crippen LogP contribution >= 0.6 is 0 Å². The van der Waals surface area contributed by atoms with Gasteiger partial charge in [-0.1, -0.05) is 6.92 Å². The van der Waals surface area contributed by atoms with Crippen LogP contribution in [0.1, 0.15) is 31.7 Å². The first-order valence-corrected chi connectivity index (χ1v) is 10.3. The summed E-state index contributed by atoms with van der Waals surface area (Å²) in [6, 6.07) is 3.89. The van der Waals surface area contributed by atoms with Crippen molar-refractivity contribution in [2.24, 2.45) is 5.92 Å². The van der Waals surface area contributed by atoms with E-state index in [-0.39, 0.29) is 24.6 Å². The number of rotatable bonds is 5. The molecule has 5 nitrogen and oxygen atoms in total. The van der Waals surface area contributed by atoms with Crippen molar-refractivity contribution in [2.75, 3.05) is 30.2 Å². The van der Waals surface area contributed by atoms with Crippen LogP contribution in [0.15, 0.2) is 24.3 Å². The van der Waals surface area contributed by atoms with Crippen molar-refractivity contribution >= 4 is 21.6 Å². The smallest absolute Gasteiger partial charge is 0.342 e. The molecular formula is C17H23F3N2O3S. The SMILES string of the molecule is CC1CCCN(C(=O)CCN(c2ccc(C(F)(F)F)cc2)S(C)(=O)=O)C1. The van der Waals surface area contributed by atoms with Crippen LogP contribution in [0.4, 0.5) is 18.9 Å². The molecule has 146 valence electrons. The molecule has 1 aromatic carbocycles. The average Bonchev–Trinajstić information content (AvgIpc) is 2.53. The molecule has 1 heterocycles. The highest BCUT2D eigenvalue weighted by atomic mass is 32.2. The first-order valence-electron chi connectivity index (χ1n) is 8.41. The Morgan fingerprint density at radius 2 is 1.88 bits per heavy atom. The molecule has 26 heavy (non-hydrogen) atoms. The van der Waals surface area contributed by atoms with Gasteiger partial charge in [-0.05, 0) is 43.0 Å². The molecule has 0 spiro atoms. The van der Waals surface area contributed by atoms with Gasteiger partial charge >= 0.3 is 6.18 Å². The fraction of sp³-hybridized carbons (Fsp3) is 0.588. The zero-order valence-corrected chi connectivity index (χ0v) is 15.6. The first-order chi connectivity index (χ1) is 12.0. The maximum atomic E-state index is 12.7. The maximum Gasteiger partial charge on any atom is 0.416 e. The van der Waals surface area contributed by atoms with E-state index in [0.29, 0.717) is 19.0 Å². The number of hydrogen-bond donors (Lipinski definition) is 0. The molecule has 1 saturated heterocycles. The van der Waals surface area contributed by atoms with Gasteiger partial charge in [0.15, 0.2) is 0 Å². The molecular weight excluding hydrogens is 369 g/mol. The van der Waals surface area contributed by atoms with Crippen molar-refractivity contribution < 1.29 is 26.4 Å². The highest BCUT2D eigenvalue weighted by molar-refractivity contribution is 7.92. The summed E-state index contributed by atoms with van der Waals surface area (Å²) in [6.07, 6.45) is -1.55. The molecule has 1 amide bonds. The molecule has 0 aliphatic carbocycles. The van der Waals surface area contributed by atoms with Crippen molar-refractivity contribution in [3.05, 3.63) is 29.8 Å². The van der Waals surface area contributed by atoms with Crippen LogP contribution < -0.4 is 4.31 Å². The number of hydrogen-bond acceptors (Lipinski definition) is 3. The molecule has 9 heteroatoms. The lowest BCUT2D eigenvalue weighted by Crippen LogP contribution is -2.41. The third-order valence-corrected chi connectivity index (χ3v) is 5.62. The van der Waals surface area contributed by atoms with Crippen molar-refractivity contribution in [3.8, 4) is 0 Å². The Kier molecular flexibility index (Phi) is 6.21. The highest BCUT2D eigenvalue weighted by Gasteiger charge is 2.31. The lowest BCUT2D eigenvalue weighted by molar-refractivity contribution is -0.137. The van der Waals surface area contributed by atoms with E-state index in [2.05, 4.69) is 6.92 Å². The Labute approximate surface area is 151 Å². The molecule has 1 aliphatic heterocycles. The van der Waals surface area contributed by atoms with E-state index >= 15 is 0 Å². The second-order valence-electron chi connectivity index (χ2n) is 6.72. The third kappa shape index (κ3) is 5.36. The van der Waals surface area contributed by atoms with Crippen LogP contribution in [0.2, 0.25) is 0 Å². The lowest BCUT2D eigenvalue weighted by Gasteiger charge is -2.32. The van der Waals surface area contributed by atoms with E-state index in [1.54, 1.807) is 4.90 Å². The monoisotopic (exact) mass is 392 g/mol. The molecule has 1 aliphatic rings.